The molecule has 6 N–H and O–H groups in total. The Labute approximate surface area is 201 Å². The summed E-state index contributed by atoms with van der Waals surface area (Å²) < 4.78 is 69.5. The molecule has 13 heteroatoms. The van der Waals surface area contributed by atoms with Crippen LogP contribution in [0.15, 0.2) is 88.7 Å². The van der Waals surface area contributed by atoms with Crippen LogP contribution in [-0.2, 0) is 20.2 Å². The summed E-state index contributed by atoms with van der Waals surface area (Å²) in [4.78, 5) is -0.952. The summed E-state index contributed by atoms with van der Waals surface area (Å²) >= 11 is 0. The molecular formula is C22H19N5O6S2-2. The second kappa shape index (κ2) is 9.31. The molecule has 0 fully saturated rings. The molecule has 182 valence electrons. The number of nitrogens with one attached hydrogen (secondary N) is 4. The Bertz CT molecular complexity index is 1610. The van der Waals surface area contributed by atoms with Crippen molar-refractivity contribution >= 4 is 59.4 Å². The molecule has 0 saturated carbocycles. The van der Waals surface area contributed by atoms with E-state index in [1.807, 2.05) is 30.3 Å². The van der Waals surface area contributed by atoms with Crippen molar-refractivity contribution in [3.8, 4) is 0 Å². The van der Waals surface area contributed by atoms with Gasteiger partial charge in [0.2, 0.25) is 0 Å². The Hall–Kier alpha value is -4.04. The highest BCUT2D eigenvalue weighted by Crippen LogP contribution is 2.34. The number of hydrogen-bond acceptors (Lipinski definition) is 11. The van der Waals surface area contributed by atoms with Gasteiger partial charge >= 0.3 is 0 Å². The Balaban J connectivity index is 1.75. The van der Waals surface area contributed by atoms with Crippen LogP contribution in [0.2, 0.25) is 0 Å². The number of benzene rings is 4. The van der Waals surface area contributed by atoms with E-state index in [2.05, 4.69) is 21.7 Å². The van der Waals surface area contributed by atoms with Crippen molar-refractivity contribution < 1.29 is 25.9 Å². The smallest absolute Gasteiger partial charge is 0.126 e. The predicted octanol–water partition coefficient (Wildman–Crippen LogP) is 3.11. The summed E-state index contributed by atoms with van der Waals surface area (Å²) in [5.41, 5.74) is 18.9. The number of nitrogens with two attached hydrogens (primary N) is 1. The van der Waals surface area contributed by atoms with Crippen LogP contribution in [0.1, 0.15) is 0 Å². The minimum atomic E-state index is -4.84. The monoisotopic (exact) mass is 513 g/mol. The molecule has 0 aliphatic heterocycles. The summed E-state index contributed by atoms with van der Waals surface area (Å²) in [7, 11) is -9.52. The molecule has 35 heavy (non-hydrogen) atoms. The summed E-state index contributed by atoms with van der Waals surface area (Å²) in [6.45, 7) is 0. The molecule has 0 aromatic heterocycles. The van der Waals surface area contributed by atoms with Crippen molar-refractivity contribution in [1.82, 2.24) is 0 Å². The summed E-state index contributed by atoms with van der Waals surface area (Å²) in [5.74, 6) is 0. The number of para-hydroxylation sites is 1. The first kappa shape index (κ1) is 24.1. The highest BCUT2D eigenvalue weighted by molar-refractivity contribution is 7.86. The summed E-state index contributed by atoms with van der Waals surface area (Å²) in [6.07, 6.45) is 0. The van der Waals surface area contributed by atoms with Crippen LogP contribution in [0.3, 0.4) is 0 Å². The van der Waals surface area contributed by atoms with Gasteiger partial charge in [-0.05, 0) is 53.9 Å². The van der Waals surface area contributed by atoms with Crippen LogP contribution in [0, 0.1) is 0 Å². The molecule has 0 saturated heterocycles. The standard InChI is InChI=1S/C22H21N5O6S2/c23-15-7-11-19(21(13-15)35(31,32)33)25-27-22-18-9-8-17(34(28,29)30)12-14(18)6-10-20(22)26-24-16-4-2-1-3-5-16/h1-13,24-27H,23H2,(H,28,29,30)(H,31,32,33)/p-2. The van der Waals surface area contributed by atoms with E-state index in [9.17, 15) is 25.9 Å². The fourth-order valence-electron chi connectivity index (χ4n) is 3.34. The first-order chi connectivity index (χ1) is 16.5. The third kappa shape index (κ3) is 5.55. The fraction of sp³-hybridized carbons (Fsp3) is 0. The van der Waals surface area contributed by atoms with E-state index in [0.29, 0.717) is 22.1 Å². The third-order valence-electron chi connectivity index (χ3n) is 4.99. The maximum atomic E-state index is 11.7. The second-order valence-electron chi connectivity index (χ2n) is 7.40. The lowest BCUT2D eigenvalue weighted by molar-refractivity contribution is 0.461. The van der Waals surface area contributed by atoms with Gasteiger partial charge in [0.1, 0.15) is 20.2 Å². The quantitative estimate of drug-likeness (QED) is 0.132. The zero-order chi connectivity index (χ0) is 25.2. The van der Waals surface area contributed by atoms with Crippen LogP contribution in [0.5, 0.6) is 0 Å². The van der Waals surface area contributed by atoms with Crippen LogP contribution >= 0.6 is 0 Å². The maximum absolute atomic E-state index is 11.7. The van der Waals surface area contributed by atoms with Crippen molar-refractivity contribution in [3.05, 3.63) is 78.9 Å². The topological polar surface area (TPSA) is 189 Å². The van der Waals surface area contributed by atoms with Gasteiger partial charge in [0.15, 0.2) is 0 Å². The molecule has 0 atom stereocenters. The number of fused-ring (bicyclic) bond motifs is 1. The van der Waals surface area contributed by atoms with E-state index < -0.39 is 30.0 Å². The van der Waals surface area contributed by atoms with Crippen molar-refractivity contribution in [1.29, 1.82) is 0 Å². The minimum absolute atomic E-state index is 0.0491. The zero-order valence-corrected chi connectivity index (χ0v) is 19.5. The molecule has 0 amide bonds. The Morgan fingerprint density at radius 3 is 2.03 bits per heavy atom. The van der Waals surface area contributed by atoms with E-state index in [1.165, 1.54) is 30.3 Å². The number of hydrogen-bond donors (Lipinski definition) is 5. The lowest BCUT2D eigenvalue weighted by Gasteiger charge is -2.21. The maximum Gasteiger partial charge on any atom is 0.126 e. The average Bonchev–Trinajstić information content (AvgIpc) is 2.81. The van der Waals surface area contributed by atoms with Gasteiger partial charge in [-0.1, -0.05) is 30.3 Å². The number of rotatable bonds is 8. The zero-order valence-electron chi connectivity index (χ0n) is 17.8. The molecule has 4 rings (SSSR count). The SMILES string of the molecule is Nc1ccc(NNc2c(NNc3ccccc3)ccc3cc(S(=O)(=O)[O-])ccc23)c(S(=O)(=O)[O-])c1. The number of hydrazine groups is 2. The lowest BCUT2D eigenvalue weighted by atomic mass is 10.1. The first-order valence-electron chi connectivity index (χ1n) is 9.99. The third-order valence-corrected chi connectivity index (χ3v) is 6.70. The van der Waals surface area contributed by atoms with Crippen LogP contribution in [0.4, 0.5) is 28.4 Å². The largest absolute Gasteiger partial charge is 0.744 e. The fourth-order valence-corrected chi connectivity index (χ4v) is 4.52. The van der Waals surface area contributed by atoms with Crippen molar-refractivity contribution in [2.75, 3.05) is 27.4 Å². The van der Waals surface area contributed by atoms with Gasteiger partial charge < -0.3 is 20.3 Å². The predicted molar refractivity (Wildman–Crippen MR) is 132 cm³/mol. The second-order valence-corrected chi connectivity index (χ2v) is 10.1. The van der Waals surface area contributed by atoms with Crippen molar-refractivity contribution in [2.45, 2.75) is 9.79 Å². The van der Waals surface area contributed by atoms with Gasteiger partial charge in [0.25, 0.3) is 0 Å². The van der Waals surface area contributed by atoms with E-state index in [4.69, 9.17) is 5.73 Å². The van der Waals surface area contributed by atoms with Crippen molar-refractivity contribution in [3.63, 3.8) is 0 Å². The van der Waals surface area contributed by atoms with Gasteiger partial charge in [0, 0.05) is 11.1 Å². The average molecular weight is 514 g/mol. The minimum Gasteiger partial charge on any atom is -0.744 e. The van der Waals surface area contributed by atoms with E-state index in [-0.39, 0.29) is 11.4 Å². The molecule has 0 unspecified atom stereocenters. The first-order valence-corrected chi connectivity index (χ1v) is 12.8. The molecule has 0 aliphatic rings. The Morgan fingerprint density at radius 1 is 0.657 bits per heavy atom. The Kier molecular flexibility index (Phi) is 6.41. The molecule has 0 heterocycles. The molecule has 0 bridgehead atoms. The van der Waals surface area contributed by atoms with Crippen LogP contribution in [0.25, 0.3) is 10.8 Å². The lowest BCUT2D eigenvalue weighted by Crippen LogP contribution is -2.16. The van der Waals surface area contributed by atoms with Gasteiger partial charge in [-0.15, -0.1) is 0 Å². The molecule has 4 aromatic carbocycles. The molecule has 11 nitrogen and oxygen atoms in total. The van der Waals surface area contributed by atoms with Gasteiger partial charge in [-0.25, -0.2) is 16.8 Å². The highest BCUT2D eigenvalue weighted by atomic mass is 32.2. The van der Waals surface area contributed by atoms with E-state index >= 15 is 0 Å². The van der Waals surface area contributed by atoms with Gasteiger partial charge in [-0.3, -0.25) is 16.3 Å². The summed E-state index contributed by atoms with van der Waals surface area (Å²) in [5, 5.41) is 0.914. The number of anilines is 5. The van der Waals surface area contributed by atoms with Crippen LogP contribution < -0.4 is 27.4 Å². The molecule has 0 spiro atoms. The number of nitrogen functional groups attached to an aromatic ring is 1. The summed E-state index contributed by atoms with van der Waals surface area (Å²) in [6, 6.07) is 20.0. The molecule has 0 radical (unpaired) electrons. The highest BCUT2D eigenvalue weighted by Gasteiger charge is 2.13. The van der Waals surface area contributed by atoms with E-state index in [0.717, 1.165) is 11.8 Å². The van der Waals surface area contributed by atoms with Gasteiger partial charge in [-0.2, -0.15) is 0 Å². The Morgan fingerprint density at radius 2 is 1.34 bits per heavy atom. The van der Waals surface area contributed by atoms with Gasteiger partial charge in [0.05, 0.1) is 32.5 Å². The van der Waals surface area contributed by atoms with E-state index in [1.54, 1.807) is 12.1 Å². The van der Waals surface area contributed by atoms with Crippen molar-refractivity contribution in [2.24, 2.45) is 0 Å². The molecule has 0 aliphatic carbocycles. The normalized spacial score (nSPS) is 11.7. The van der Waals surface area contributed by atoms with Crippen LogP contribution in [-0.4, -0.2) is 25.9 Å². The molecule has 4 aromatic rings. The molecular weight excluding hydrogens is 494 g/mol.